The number of hydrogen-bond acceptors (Lipinski definition) is 5. The van der Waals surface area contributed by atoms with Gasteiger partial charge in [-0.3, -0.25) is 4.79 Å². The number of halogens is 3. The first-order valence-electron chi connectivity index (χ1n) is 8.52. The lowest BCUT2D eigenvalue weighted by Gasteiger charge is -2.28. The third-order valence-corrected chi connectivity index (χ3v) is 4.40. The first-order chi connectivity index (χ1) is 12.8. The van der Waals surface area contributed by atoms with Crippen LogP contribution in [0.2, 0.25) is 0 Å². The third kappa shape index (κ3) is 3.96. The fourth-order valence-electron chi connectivity index (χ4n) is 3.22. The normalized spacial score (nSPS) is 17.2. The molecule has 0 aliphatic carbocycles. The molecule has 9 heteroatoms. The predicted molar refractivity (Wildman–Crippen MR) is 92.3 cm³/mol. The minimum atomic E-state index is -4.62. The smallest absolute Gasteiger partial charge is 0.418 e. The Morgan fingerprint density at radius 3 is 2.74 bits per heavy atom. The van der Waals surface area contributed by atoms with E-state index in [9.17, 15) is 22.8 Å². The van der Waals surface area contributed by atoms with Gasteiger partial charge in [-0.15, -0.1) is 0 Å². The fourth-order valence-corrected chi connectivity index (χ4v) is 3.22. The second-order valence-electron chi connectivity index (χ2n) is 6.14. The van der Waals surface area contributed by atoms with E-state index >= 15 is 0 Å². The van der Waals surface area contributed by atoms with E-state index in [0.29, 0.717) is 19.4 Å². The molecular formula is C18H18F3N3O3. The molecule has 6 nitrogen and oxygen atoms in total. The van der Waals surface area contributed by atoms with Crippen LogP contribution in [-0.2, 0) is 15.7 Å². The first kappa shape index (κ1) is 18.9. The number of nitrogens with zero attached hydrogens (tertiary/aromatic N) is 2. The van der Waals surface area contributed by atoms with Crippen molar-refractivity contribution < 1.29 is 22.7 Å². The van der Waals surface area contributed by atoms with Crippen LogP contribution in [0, 0.1) is 0 Å². The molecule has 1 aromatic heterocycles. The second kappa shape index (κ2) is 7.42. The van der Waals surface area contributed by atoms with Crippen LogP contribution in [0.15, 0.2) is 35.1 Å². The summed E-state index contributed by atoms with van der Waals surface area (Å²) in [6.07, 6.45) is -3.57. The highest BCUT2D eigenvalue weighted by Crippen LogP contribution is 2.41. The van der Waals surface area contributed by atoms with Crippen LogP contribution in [0.1, 0.15) is 25.3 Å². The number of aromatic nitrogens is 2. The van der Waals surface area contributed by atoms with Crippen molar-refractivity contribution in [3.63, 3.8) is 0 Å². The SMILES string of the molecule is CCOC(=O)C1CCCN1c1ccc(-c2ccc(=O)[nH]n2)cc1C(F)(F)F. The Bertz CT molecular complexity index is 875. The number of H-pyrrole nitrogens is 1. The number of carbonyl (C=O) groups excluding carboxylic acids is 1. The molecule has 0 radical (unpaired) electrons. The highest BCUT2D eigenvalue weighted by atomic mass is 19.4. The van der Waals surface area contributed by atoms with Gasteiger partial charge in [0.15, 0.2) is 0 Å². The summed E-state index contributed by atoms with van der Waals surface area (Å²) in [6.45, 7) is 2.17. The predicted octanol–water partition coefficient (Wildman–Crippen LogP) is 2.99. The minimum Gasteiger partial charge on any atom is -0.464 e. The molecule has 0 spiro atoms. The van der Waals surface area contributed by atoms with Crippen LogP contribution in [0.25, 0.3) is 11.3 Å². The lowest BCUT2D eigenvalue weighted by atomic mass is 10.0. The van der Waals surface area contributed by atoms with E-state index in [1.807, 2.05) is 0 Å². The second-order valence-corrected chi connectivity index (χ2v) is 6.14. The van der Waals surface area contributed by atoms with E-state index in [1.54, 1.807) is 6.92 Å². The first-order valence-corrected chi connectivity index (χ1v) is 8.52. The summed E-state index contributed by atoms with van der Waals surface area (Å²) in [4.78, 5) is 24.7. The highest BCUT2D eigenvalue weighted by molar-refractivity contribution is 5.82. The number of hydrogen-bond donors (Lipinski definition) is 1. The highest BCUT2D eigenvalue weighted by Gasteiger charge is 2.40. The van der Waals surface area contributed by atoms with Crippen LogP contribution in [-0.4, -0.2) is 35.4 Å². The van der Waals surface area contributed by atoms with Gasteiger partial charge in [0.05, 0.1) is 17.9 Å². The monoisotopic (exact) mass is 381 g/mol. The van der Waals surface area contributed by atoms with E-state index in [2.05, 4.69) is 10.2 Å². The zero-order chi connectivity index (χ0) is 19.6. The molecule has 0 saturated carbocycles. The van der Waals surface area contributed by atoms with Gasteiger partial charge in [0, 0.05) is 23.9 Å². The lowest BCUT2D eigenvalue weighted by Crippen LogP contribution is -2.38. The Balaban J connectivity index is 2.03. The topological polar surface area (TPSA) is 75.3 Å². The molecule has 1 unspecified atom stereocenters. The van der Waals surface area contributed by atoms with Gasteiger partial charge in [-0.25, -0.2) is 9.89 Å². The van der Waals surface area contributed by atoms with E-state index in [1.165, 1.54) is 29.2 Å². The van der Waals surface area contributed by atoms with Crippen molar-refractivity contribution in [1.29, 1.82) is 0 Å². The molecule has 0 bridgehead atoms. The van der Waals surface area contributed by atoms with Crippen molar-refractivity contribution >= 4 is 11.7 Å². The maximum Gasteiger partial charge on any atom is 0.418 e. The molecule has 2 aromatic rings. The Morgan fingerprint density at radius 2 is 2.11 bits per heavy atom. The van der Waals surface area contributed by atoms with Crippen LogP contribution < -0.4 is 10.5 Å². The quantitative estimate of drug-likeness (QED) is 0.824. The summed E-state index contributed by atoms with van der Waals surface area (Å²) < 4.78 is 46.2. The van der Waals surface area contributed by atoms with E-state index in [4.69, 9.17) is 4.74 Å². The van der Waals surface area contributed by atoms with Crippen molar-refractivity contribution in [3.8, 4) is 11.3 Å². The summed E-state index contributed by atoms with van der Waals surface area (Å²) in [6, 6.07) is 5.62. The average Bonchev–Trinajstić information content (AvgIpc) is 3.11. The Labute approximate surface area is 153 Å². The summed E-state index contributed by atoms with van der Waals surface area (Å²) in [5.74, 6) is -0.519. The van der Waals surface area contributed by atoms with Crippen LogP contribution >= 0.6 is 0 Å². The molecule has 3 rings (SSSR count). The molecule has 1 N–H and O–H groups in total. The minimum absolute atomic E-state index is 0.0637. The van der Waals surface area contributed by atoms with E-state index < -0.39 is 29.3 Å². The molecule has 2 heterocycles. The van der Waals surface area contributed by atoms with Crippen LogP contribution in [0.4, 0.5) is 18.9 Å². The zero-order valence-corrected chi connectivity index (χ0v) is 14.5. The lowest BCUT2D eigenvalue weighted by molar-refractivity contribution is -0.145. The standard InChI is InChI=1S/C18H18F3N3O3/c1-2-27-17(26)15-4-3-9-24(15)14-7-5-11(10-12(14)18(19,20)21)13-6-8-16(25)23-22-13/h5-8,10,15H,2-4,9H2,1H3,(H,23,25). The van der Waals surface area contributed by atoms with Gasteiger partial charge in [0.2, 0.25) is 0 Å². The van der Waals surface area contributed by atoms with E-state index in [0.717, 1.165) is 6.07 Å². The number of aromatic amines is 1. The number of nitrogens with one attached hydrogen (secondary N) is 1. The van der Waals surface area contributed by atoms with Crippen molar-refractivity contribution in [3.05, 3.63) is 46.2 Å². The van der Waals surface area contributed by atoms with Gasteiger partial charge in [0.25, 0.3) is 5.56 Å². The van der Waals surface area contributed by atoms with Crippen LogP contribution in [0.5, 0.6) is 0 Å². The summed E-state index contributed by atoms with van der Waals surface area (Å²) in [5, 5.41) is 5.98. The molecule has 27 heavy (non-hydrogen) atoms. The molecule has 0 amide bonds. The van der Waals surface area contributed by atoms with Gasteiger partial charge >= 0.3 is 12.1 Å². The van der Waals surface area contributed by atoms with Crippen molar-refractivity contribution in [2.45, 2.75) is 32.0 Å². The summed E-state index contributed by atoms with van der Waals surface area (Å²) in [7, 11) is 0. The third-order valence-electron chi connectivity index (χ3n) is 4.40. The zero-order valence-electron chi connectivity index (χ0n) is 14.5. The van der Waals surface area contributed by atoms with Crippen molar-refractivity contribution in [2.75, 3.05) is 18.1 Å². The number of alkyl halides is 3. The number of esters is 1. The van der Waals surface area contributed by atoms with Crippen molar-refractivity contribution in [1.82, 2.24) is 10.2 Å². The Hall–Kier alpha value is -2.84. The van der Waals surface area contributed by atoms with Gasteiger partial charge in [-0.2, -0.15) is 18.3 Å². The van der Waals surface area contributed by atoms with Gasteiger partial charge in [-0.05, 0) is 38.0 Å². The average molecular weight is 381 g/mol. The molecule has 1 aromatic carbocycles. The number of benzene rings is 1. The van der Waals surface area contributed by atoms with Gasteiger partial charge in [0.1, 0.15) is 6.04 Å². The van der Waals surface area contributed by atoms with Crippen LogP contribution in [0.3, 0.4) is 0 Å². The molecule has 1 aliphatic rings. The van der Waals surface area contributed by atoms with Gasteiger partial charge < -0.3 is 9.64 Å². The molecule has 144 valence electrons. The molecule has 1 atom stereocenters. The Morgan fingerprint density at radius 1 is 1.33 bits per heavy atom. The molecule has 1 saturated heterocycles. The van der Waals surface area contributed by atoms with Gasteiger partial charge in [-0.1, -0.05) is 6.07 Å². The fraction of sp³-hybridized carbons (Fsp3) is 0.389. The summed E-state index contributed by atoms with van der Waals surface area (Å²) >= 11 is 0. The molecule has 1 aliphatic heterocycles. The largest absolute Gasteiger partial charge is 0.464 e. The summed E-state index contributed by atoms with van der Waals surface area (Å²) in [5.41, 5.74) is -0.930. The Kier molecular flexibility index (Phi) is 5.20. The number of anilines is 1. The number of carbonyl (C=O) groups is 1. The maximum atomic E-state index is 13.7. The van der Waals surface area contributed by atoms with E-state index in [-0.39, 0.29) is 23.6 Å². The maximum absolute atomic E-state index is 13.7. The molecular weight excluding hydrogens is 363 g/mol. The number of rotatable bonds is 4. The molecule has 1 fully saturated rings. The van der Waals surface area contributed by atoms with Crippen molar-refractivity contribution in [2.24, 2.45) is 0 Å². The number of ether oxygens (including phenoxy) is 1.